The van der Waals surface area contributed by atoms with Crippen molar-refractivity contribution in [1.29, 1.82) is 0 Å². The lowest BCUT2D eigenvalue weighted by Crippen LogP contribution is -2.38. The van der Waals surface area contributed by atoms with Gasteiger partial charge in [-0.25, -0.2) is 0 Å². The van der Waals surface area contributed by atoms with Crippen LogP contribution in [0.4, 0.5) is 0 Å². The molecule has 4 atom stereocenters. The van der Waals surface area contributed by atoms with Gasteiger partial charge in [-0.2, -0.15) is 0 Å². The Morgan fingerprint density at radius 2 is 1.00 bits per heavy atom. The summed E-state index contributed by atoms with van der Waals surface area (Å²) in [5, 5.41) is 0. The third-order valence-corrected chi connectivity index (χ3v) is 16.4. The van der Waals surface area contributed by atoms with Crippen molar-refractivity contribution in [2.75, 3.05) is 5.90 Å². The quantitative estimate of drug-likeness (QED) is 0.338. The molecule has 2 saturated carbocycles. The molecule has 0 aromatic carbocycles. The van der Waals surface area contributed by atoms with Gasteiger partial charge in [0.2, 0.25) is 0 Å². The highest BCUT2D eigenvalue weighted by atomic mass is 31.2. The molecule has 1 heterocycles. The highest BCUT2D eigenvalue weighted by Crippen LogP contribution is 2.74. The smallest absolute Gasteiger partial charge is 0.00154 e. The second-order valence-corrected chi connectivity index (χ2v) is 15.5. The van der Waals surface area contributed by atoms with Crippen LogP contribution < -0.4 is 0 Å². The van der Waals surface area contributed by atoms with Gasteiger partial charge in [0, 0.05) is 11.3 Å². The first-order valence-corrected chi connectivity index (χ1v) is 15.0. The Morgan fingerprint density at radius 1 is 0.520 bits per heavy atom. The van der Waals surface area contributed by atoms with Gasteiger partial charge in [0.25, 0.3) is 0 Å². The third kappa shape index (κ3) is 3.42. The predicted molar refractivity (Wildman–Crippen MR) is 115 cm³/mol. The van der Waals surface area contributed by atoms with E-state index in [1.54, 1.807) is 83.0 Å². The molecular weight excluding hydrogens is 338 g/mol. The van der Waals surface area contributed by atoms with E-state index < -0.39 is 0 Å². The maximum atomic E-state index is 2.16. The molecule has 0 aromatic rings. The largest absolute Gasteiger partial charge is 0.0917 e. The van der Waals surface area contributed by atoms with E-state index in [-0.39, 0.29) is 0 Å². The van der Waals surface area contributed by atoms with Crippen molar-refractivity contribution in [3.05, 3.63) is 11.1 Å². The Bertz CT molecular complexity index is 456. The van der Waals surface area contributed by atoms with Gasteiger partial charge in [0.05, 0.1) is 0 Å². The molecule has 0 aromatic heterocycles. The Balaban J connectivity index is 1.47. The minimum Gasteiger partial charge on any atom is -0.0917 e. The van der Waals surface area contributed by atoms with Gasteiger partial charge in [0.15, 0.2) is 0 Å². The van der Waals surface area contributed by atoms with Crippen LogP contribution in [0.1, 0.15) is 103 Å². The summed E-state index contributed by atoms with van der Waals surface area (Å²) in [7, 11) is 0.669. The minimum atomic E-state index is 0.334. The SMILES string of the molecule is C1CCC(P2CP(C3CCCCC3)C3CCCC4=C3C2CCC4)CC1. The normalized spacial score (nSPS) is 40.8. The maximum absolute atomic E-state index is 2.16. The molecule has 3 fully saturated rings. The molecule has 25 heavy (non-hydrogen) atoms. The third-order valence-electron chi connectivity index (χ3n) is 8.25. The van der Waals surface area contributed by atoms with Crippen LogP contribution >= 0.6 is 15.8 Å². The summed E-state index contributed by atoms with van der Waals surface area (Å²) in [6.45, 7) is 0. The molecule has 4 aliphatic carbocycles. The average Bonchev–Trinajstić information content (AvgIpc) is 2.70. The van der Waals surface area contributed by atoms with Gasteiger partial charge >= 0.3 is 0 Å². The lowest BCUT2D eigenvalue weighted by molar-refractivity contribution is 0.495. The summed E-state index contributed by atoms with van der Waals surface area (Å²) < 4.78 is 0. The molecule has 0 amide bonds. The lowest BCUT2D eigenvalue weighted by Gasteiger charge is -2.54. The number of allylic oxidation sites excluding steroid dienone is 2. The van der Waals surface area contributed by atoms with Crippen molar-refractivity contribution in [3.8, 4) is 0 Å². The minimum absolute atomic E-state index is 0.334. The fraction of sp³-hybridized carbons (Fsp3) is 0.913. The predicted octanol–water partition coefficient (Wildman–Crippen LogP) is 7.99. The zero-order valence-electron chi connectivity index (χ0n) is 16.2. The molecule has 0 N–H and O–H groups in total. The second kappa shape index (κ2) is 7.92. The molecule has 1 saturated heterocycles. The molecule has 140 valence electrons. The molecule has 1 aliphatic heterocycles. The van der Waals surface area contributed by atoms with E-state index in [4.69, 9.17) is 0 Å². The summed E-state index contributed by atoms with van der Waals surface area (Å²) in [5.74, 6) is 1.77. The Kier molecular flexibility index (Phi) is 5.60. The van der Waals surface area contributed by atoms with E-state index >= 15 is 0 Å². The van der Waals surface area contributed by atoms with E-state index in [2.05, 4.69) is 5.57 Å². The molecule has 0 spiro atoms. The fourth-order valence-corrected chi connectivity index (χ4v) is 17.7. The maximum Gasteiger partial charge on any atom is 0.00154 e. The molecular formula is C23H38P2. The second-order valence-electron chi connectivity index (χ2n) is 9.63. The van der Waals surface area contributed by atoms with E-state index in [0.29, 0.717) is 15.8 Å². The van der Waals surface area contributed by atoms with Gasteiger partial charge in [-0.1, -0.05) is 65.5 Å². The molecule has 4 unspecified atom stereocenters. The molecule has 0 radical (unpaired) electrons. The van der Waals surface area contributed by atoms with Gasteiger partial charge in [-0.3, -0.25) is 0 Å². The van der Waals surface area contributed by atoms with Gasteiger partial charge in [-0.15, -0.1) is 0 Å². The van der Waals surface area contributed by atoms with Crippen molar-refractivity contribution in [2.24, 2.45) is 0 Å². The van der Waals surface area contributed by atoms with Crippen molar-refractivity contribution in [2.45, 2.75) is 125 Å². The zero-order chi connectivity index (χ0) is 16.6. The van der Waals surface area contributed by atoms with Crippen molar-refractivity contribution in [1.82, 2.24) is 0 Å². The van der Waals surface area contributed by atoms with Crippen LogP contribution in [0.2, 0.25) is 0 Å². The van der Waals surface area contributed by atoms with E-state index in [1.165, 1.54) is 37.0 Å². The monoisotopic (exact) mass is 376 g/mol. The molecule has 5 rings (SSSR count). The first kappa shape index (κ1) is 17.7. The zero-order valence-corrected chi connectivity index (χ0v) is 18.0. The van der Waals surface area contributed by atoms with E-state index in [9.17, 15) is 0 Å². The van der Waals surface area contributed by atoms with Gasteiger partial charge in [0.1, 0.15) is 0 Å². The summed E-state index contributed by atoms with van der Waals surface area (Å²) >= 11 is 0. The first-order valence-electron chi connectivity index (χ1n) is 11.6. The number of hydrogen-bond acceptors (Lipinski definition) is 0. The highest BCUT2D eigenvalue weighted by molar-refractivity contribution is 7.77. The van der Waals surface area contributed by atoms with Crippen LogP contribution in [-0.4, -0.2) is 28.5 Å². The van der Waals surface area contributed by atoms with Crippen LogP contribution in [0.3, 0.4) is 0 Å². The highest BCUT2D eigenvalue weighted by Gasteiger charge is 2.47. The summed E-state index contributed by atoms with van der Waals surface area (Å²) in [5.41, 5.74) is 8.79. The van der Waals surface area contributed by atoms with Gasteiger partial charge in [-0.05, 0) is 81.4 Å². The van der Waals surface area contributed by atoms with Crippen molar-refractivity contribution < 1.29 is 0 Å². The van der Waals surface area contributed by atoms with Crippen LogP contribution in [0.15, 0.2) is 11.1 Å². The Hall–Kier alpha value is 0.600. The topological polar surface area (TPSA) is 0 Å². The summed E-state index contributed by atoms with van der Waals surface area (Å²) in [4.78, 5) is 0. The van der Waals surface area contributed by atoms with Crippen LogP contribution in [0.25, 0.3) is 0 Å². The van der Waals surface area contributed by atoms with Crippen molar-refractivity contribution >= 4 is 15.8 Å². The van der Waals surface area contributed by atoms with E-state index in [1.807, 2.05) is 5.57 Å². The van der Waals surface area contributed by atoms with E-state index in [0.717, 1.165) is 11.3 Å². The lowest BCUT2D eigenvalue weighted by atomic mass is 9.81. The van der Waals surface area contributed by atoms with Crippen molar-refractivity contribution in [3.63, 3.8) is 0 Å². The van der Waals surface area contributed by atoms with Gasteiger partial charge < -0.3 is 0 Å². The molecule has 0 nitrogen and oxygen atoms in total. The average molecular weight is 377 g/mol. The first-order chi connectivity index (χ1) is 12.4. The molecule has 2 heteroatoms. The summed E-state index contributed by atoms with van der Waals surface area (Å²) in [6.07, 6.45) is 25.1. The fourth-order valence-electron chi connectivity index (χ4n) is 7.08. The number of hydrogen-bond donors (Lipinski definition) is 0. The number of rotatable bonds is 2. The Labute approximate surface area is 158 Å². The van der Waals surface area contributed by atoms with Crippen LogP contribution in [0.5, 0.6) is 0 Å². The van der Waals surface area contributed by atoms with Crippen LogP contribution in [-0.2, 0) is 0 Å². The molecule has 5 aliphatic rings. The van der Waals surface area contributed by atoms with Crippen LogP contribution in [0, 0.1) is 0 Å². The standard InChI is InChI=1S/C23H38P2/c1-3-11-19(12-4-1)24-17-25(20-13-5-2-6-14-20)22-16-8-10-18-9-7-15-21(24)23(18)22/h19-22H,1-17H2. The summed E-state index contributed by atoms with van der Waals surface area (Å²) in [6, 6.07) is 0. The Morgan fingerprint density at radius 3 is 1.48 bits per heavy atom. The molecule has 0 bridgehead atoms.